The summed E-state index contributed by atoms with van der Waals surface area (Å²) in [4.78, 5) is 0. The van der Waals surface area contributed by atoms with E-state index < -0.39 is 7.12 Å². The highest BCUT2D eigenvalue weighted by molar-refractivity contribution is 6.65. The van der Waals surface area contributed by atoms with Crippen molar-refractivity contribution in [2.75, 3.05) is 6.61 Å². The summed E-state index contributed by atoms with van der Waals surface area (Å²) < 4.78 is 17.6. The highest BCUT2D eigenvalue weighted by Crippen LogP contribution is 2.37. The molecule has 0 N–H and O–H groups in total. The first kappa shape index (κ1) is 15.7. The van der Waals surface area contributed by atoms with Crippen LogP contribution in [0.3, 0.4) is 0 Å². The Kier molecular flexibility index (Phi) is 4.11. The van der Waals surface area contributed by atoms with Gasteiger partial charge in [0.25, 0.3) is 0 Å². The zero-order chi connectivity index (χ0) is 15.1. The lowest BCUT2D eigenvalue weighted by Crippen LogP contribution is -2.41. The van der Waals surface area contributed by atoms with Crippen LogP contribution in [-0.4, -0.2) is 24.9 Å². The molecule has 1 aromatic carbocycles. The Morgan fingerprint density at radius 3 is 2.20 bits per heavy atom. The third-order valence-electron chi connectivity index (χ3n) is 4.10. The topological polar surface area (TPSA) is 27.7 Å². The molecule has 0 aliphatic carbocycles. The van der Waals surface area contributed by atoms with Gasteiger partial charge in [0, 0.05) is 10.5 Å². The first-order valence-corrected chi connectivity index (χ1v) is 7.34. The Bertz CT molecular complexity index is 498. The van der Waals surface area contributed by atoms with E-state index in [1.807, 2.05) is 53.7 Å². The molecule has 3 nitrogen and oxygen atoms in total. The maximum absolute atomic E-state index is 6.36. The summed E-state index contributed by atoms with van der Waals surface area (Å²) in [6.07, 6.45) is 0. The number of ether oxygens (including phenoxy) is 1. The predicted molar refractivity (Wildman–Crippen MR) is 83.1 cm³/mol. The van der Waals surface area contributed by atoms with Crippen LogP contribution in [0.2, 0.25) is 5.02 Å². The molecule has 1 aliphatic heterocycles. The molecule has 0 unspecified atom stereocenters. The van der Waals surface area contributed by atoms with Crippen molar-refractivity contribution in [1.82, 2.24) is 0 Å². The van der Waals surface area contributed by atoms with Gasteiger partial charge in [0.1, 0.15) is 5.75 Å². The van der Waals surface area contributed by atoms with E-state index in [1.165, 1.54) is 0 Å². The lowest BCUT2D eigenvalue weighted by atomic mass is 9.78. The quantitative estimate of drug-likeness (QED) is 0.801. The van der Waals surface area contributed by atoms with E-state index >= 15 is 0 Å². The first-order valence-electron chi connectivity index (χ1n) is 6.96. The smallest absolute Gasteiger partial charge is 0.494 e. The Morgan fingerprint density at radius 2 is 1.70 bits per heavy atom. The summed E-state index contributed by atoms with van der Waals surface area (Å²) in [6.45, 7) is 12.7. The molecule has 1 saturated heterocycles. The third-order valence-corrected chi connectivity index (χ3v) is 4.43. The molecule has 0 saturated carbocycles. The lowest BCUT2D eigenvalue weighted by molar-refractivity contribution is 0.00578. The van der Waals surface area contributed by atoms with Gasteiger partial charge in [0.05, 0.1) is 17.8 Å². The van der Waals surface area contributed by atoms with Crippen LogP contribution >= 0.6 is 11.6 Å². The van der Waals surface area contributed by atoms with Gasteiger partial charge >= 0.3 is 7.12 Å². The number of hydrogen-bond donors (Lipinski definition) is 0. The molecule has 2 rings (SSSR count). The fourth-order valence-electron chi connectivity index (χ4n) is 2.15. The zero-order valence-corrected chi connectivity index (χ0v) is 13.8. The molecule has 20 heavy (non-hydrogen) atoms. The molecular weight excluding hydrogens is 274 g/mol. The molecule has 0 radical (unpaired) electrons. The Morgan fingerprint density at radius 1 is 1.15 bits per heavy atom. The summed E-state index contributed by atoms with van der Waals surface area (Å²) in [5, 5.41) is 0.609. The SMILES string of the molecule is CCOc1cc(Cl)c(B2OC(C)(C)C(C)(C)O2)cc1C. The van der Waals surface area contributed by atoms with Crippen LogP contribution in [0.1, 0.15) is 40.2 Å². The Labute approximate surface area is 126 Å². The van der Waals surface area contributed by atoms with Gasteiger partial charge in [0.15, 0.2) is 0 Å². The minimum absolute atomic E-state index is 0.368. The monoisotopic (exact) mass is 296 g/mol. The van der Waals surface area contributed by atoms with Gasteiger partial charge in [-0.15, -0.1) is 0 Å². The predicted octanol–water partition coefficient (Wildman–Crippen LogP) is 3.35. The maximum Gasteiger partial charge on any atom is 0.496 e. The van der Waals surface area contributed by atoms with Gasteiger partial charge in [-0.2, -0.15) is 0 Å². The van der Waals surface area contributed by atoms with Crippen molar-refractivity contribution in [3.05, 3.63) is 22.7 Å². The molecule has 1 fully saturated rings. The second kappa shape index (κ2) is 5.25. The molecule has 1 aliphatic rings. The Hall–Kier alpha value is -0.705. The molecule has 1 aromatic rings. The van der Waals surface area contributed by atoms with E-state index in [0.717, 1.165) is 16.8 Å². The minimum atomic E-state index is -0.443. The normalized spacial score (nSPS) is 20.2. The first-order chi connectivity index (χ1) is 9.18. The number of halogens is 1. The molecule has 0 amide bonds. The minimum Gasteiger partial charge on any atom is -0.494 e. The van der Waals surface area contributed by atoms with Gasteiger partial charge in [-0.1, -0.05) is 17.7 Å². The molecule has 0 bridgehead atoms. The van der Waals surface area contributed by atoms with E-state index in [2.05, 4.69) is 0 Å². The molecular formula is C15H22BClO3. The summed E-state index contributed by atoms with van der Waals surface area (Å²) in [5.41, 5.74) is 1.15. The highest BCUT2D eigenvalue weighted by atomic mass is 35.5. The van der Waals surface area contributed by atoms with Crippen LogP contribution < -0.4 is 10.2 Å². The van der Waals surface area contributed by atoms with Gasteiger partial charge in [-0.25, -0.2) is 0 Å². The van der Waals surface area contributed by atoms with Gasteiger partial charge in [-0.05, 0) is 53.2 Å². The van der Waals surface area contributed by atoms with Gasteiger partial charge < -0.3 is 14.0 Å². The average Bonchev–Trinajstić information content (AvgIpc) is 2.53. The summed E-state index contributed by atoms with van der Waals surface area (Å²) in [7, 11) is -0.443. The molecule has 110 valence electrons. The second-order valence-electron chi connectivity index (χ2n) is 6.16. The fourth-order valence-corrected chi connectivity index (χ4v) is 2.39. The number of hydrogen-bond acceptors (Lipinski definition) is 3. The second-order valence-corrected chi connectivity index (χ2v) is 6.57. The van der Waals surface area contributed by atoms with Crippen molar-refractivity contribution in [1.29, 1.82) is 0 Å². The van der Waals surface area contributed by atoms with Crippen molar-refractivity contribution < 1.29 is 14.0 Å². The zero-order valence-electron chi connectivity index (χ0n) is 13.0. The van der Waals surface area contributed by atoms with Crippen LogP contribution in [0, 0.1) is 6.92 Å². The van der Waals surface area contributed by atoms with E-state index in [4.69, 9.17) is 25.6 Å². The van der Waals surface area contributed by atoms with Crippen LogP contribution in [0.4, 0.5) is 0 Å². The number of rotatable bonds is 3. The van der Waals surface area contributed by atoms with Crippen LogP contribution in [0.5, 0.6) is 5.75 Å². The fraction of sp³-hybridized carbons (Fsp3) is 0.600. The van der Waals surface area contributed by atoms with Gasteiger partial charge in [-0.3, -0.25) is 0 Å². The molecule has 0 atom stereocenters. The standard InChI is InChI=1S/C15H22BClO3/c1-7-18-13-9-12(17)11(8-10(13)2)16-19-14(3,4)15(5,6)20-16/h8-9H,7H2,1-6H3. The summed E-state index contributed by atoms with van der Waals surface area (Å²) >= 11 is 6.36. The number of aryl methyl sites for hydroxylation is 1. The molecule has 5 heteroatoms. The molecule has 1 heterocycles. The van der Waals surface area contributed by atoms with Crippen molar-refractivity contribution in [3.63, 3.8) is 0 Å². The molecule has 0 aromatic heterocycles. The third kappa shape index (κ3) is 2.69. The lowest BCUT2D eigenvalue weighted by Gasteiger charge is -2.32. The van der Waals surface area contributed by atoms with E-state index in [9.17, 15) is 0 Å². The average molecular weight is 297 g/mol. The molecule has 0 spiro atoms. The van der Waals surface area contributed by atoms with Crippen LogP contribution in [-0.2, 0) is 9.31 Å². The van der Waals surface area contributed by atoms with Gasteiger partial charge in [0.2, 0.25) is 0 Å². The van der Waals surface area contributed by atoms with Crippen LogP contribution in [0.25, 0.3) is 0 Å². The van der Waals surface area contributed by atoms with Crippen LogP contribution in [0.15, 0.2) is 12.1 Å². The van der Waals surface area contributed by atoms with Crippen molar-refractivity contribution in [2.45, 2.75) is 52.7 Å². The van der Waals surface area contributed by atoms with E-state index in [1.54, 1.807) is 0 Å². The largest absolute Gasteiger partial charge is 0.496 e. The maximum atomic E-state index is 6.36. The van der Waals surface area contributed by atoms with E-state index in [-0.39, 0.29) is 11.2 Å². The highest BCUT2D eigenvalue weighted by Gasteiger charge is 2.52. The van der Waals surface area contributed by atoms with Crippen molar-refractivity contribution in [3.8, 4) is 5.75 Å². The summed E-state index contributed by atoms with van der Waals surface area (Å²) in [5.74, 6) is 0.803. The van der Waals surface area contributed by atoms with E-state index in [0.29, 0.717) is 11.6 Å². The summed E-state index contributed by atoms with van der Waals surface area (Å²) in [6, 6.07) is 3.82. The Balaban J connectivity index is 2.34. The van der Waals surface area contributed by atoms with Crippen molar-refractivity contribution in [2.24, 2.45) is 0 Å². The number of benzene rings is 1. The van der Waals surface area contributed by atoms with Crippen molar-refractivity contribution >= 4 is 24.2 Å².